The minimum absolute atomic E-state index is 0.461. The molecule has 0 aromatic carbocycles. The molecule has 2 aliphatic rings. The van der Waals surface area contributed by atoms with Crippen LogP contribution in [-0.2, 0) is 0 Å². The van der Waals surface area contributed by atoms with E-state index in [1.807, 2.05) is 0 Å². The highest BCUT2D eigenvalue weighted by Gasteiger charge is 2.40. The van der Waals surface area contributed by atoms with Crippen LogP contribution in [0.1, 0.15) is 60.3 Å². The van der Waals surface area contributed by atoms with Gasteiger partial charge in [0.15, 0.2) is 0 Å². The van der Waals surface area contributed by atoms with Crippen molar-refractivity contribution < 1.29 is 0 Å². The lowest BCUT2D eigenvalue weighted by Gasteiger charge is -2.45. The third kappa shape index (κ3) is 3.98. The molecule has 5 unspecified atom stereocenters. The Kier molecular flexibility index (Phi) is 5.18. The maximum absolute atomic E-state index is 3.75. The zero-order valence-electron chi connectivity index (χ0n) is 14.6. The Morgan fingerprint density at radius 3 is 2.30 bits per heavy atom. The summed E-state index contributed by atoms with van der Waals surface area (Å²) in [6.45, 7) is 14.3. The minimum Gasteiger partial charge on any atom is -0.313 e. The molecule has 20 heavy (non-hydrogen) atoms. The van der Waals surface area contributed by atoms with Crippen molar-refractivity contribution in [1.82, 2.24) is 10.2 Å². The van der Waals surface area contributed by atoms with Crippen molar-refractivity contribution in [1.29, 1.82) is 0 Å². The lowest BCUT2D eigenvalue weighted by Crippen LogP contribution is -2.53. The van der Waals surface area contributed by atoms with Gasteiger partial charge in [-0.2, -0.15) is 0 Å². The van der Waals surface area contributed by atoms with Crippen LogP contribution < -0.4 is 5.32 Å². The summed E-state index contributed by atoms with van der Waals surface area (Å²) >= 11 is 0. The molecule has 0 aromatic rings. The van der Waals surface area contributed by atoms with Gasteiger partial charge in [-0.1, -0.05) is 34.6 Å². The van der Waals surface area contributed by atoms with Gasteiger partial charge in [-0.25, -0.2) is 0 Å². The first-order chi connectivity index (χ1) is 9.32. The van der Waals surface area contributed by atoms with Crippen molar-refractivity contribution in [2.24, 2.45) is 23.2 Å². The van der Waals surface area contributed by atoms with E-state index in [0.717, 1.165) is 30.3 Å². The molecule has 0 saturated heterocycles. The van der Waals surface area contributed by atoms with Gasteiger partial charge in [0.25, 0.3) is 0 Å². The Balaban J connectivity index is 1.98. The number of nitrogens with one attached hydrogen (secondary N) is 1. The molecule has 0 aliphatic heterocycles. The molecule has 0 amide bonds. The zero-order valence-corrected chi connectivity index (χ0v) is 14.6. The highest BCUT2D eigenvalue weighted by molar-refractivity contribution is 4.95. The fourth-order valence-electron chi connectivity index (χ4n) is 4.08. The van der Waals surface area contributed by atoms with Crippen molar-refractivity contribution in [3.63, 3.8) is 0 Å². The molecule has 0 aromatic heterocycles. The molecule has 118 valence electrons. The molecular formula is C18H36N2. The Hall–Kier alpha value is -0.0800. The molecule has 0 radical (unpaired) electrons. The van der Waals surface area contributed by atoms with Crippen molar-refractivity contribution >= 4 is 0 Å². The smallest absolute Gasteiger partial charge is 0.0249 e. The van der Waals surface area contributed by atoms with Crippen molar-refractivity contribution in [2.45, 2.75) is 72.4 Å². The zero-order chi connectivity index (χ0) is 14.9. The predicted octanol–water partition coefficient (Wildman–Crippen LogP) is 3.77. The fourth-order valence-corrected chi connectivity index (χ4v) is 4.08. The molecule has 2 saturated carbocycles. The number of rotatable bonds is 5. The van der Waals surface area contributed by atoms with Crippen LogP contribution in [0.25, 0.3) is 0 Å². The highest BCUT2D eigenvalue weighted by atomic mass is 15.2. The molecular weight excluding hydrogens is 244 g/mol. The third-order valence-electron chi connectivity index (χ3n) is 5.87. The van der Waals surface area contributed by atoms with E-state index in [1.165, 1.54) is 32.2 Å². The van der Waals surface area contributed by atoms with Gasteiger partial charge >= 0.3 is 0 Å². The van der Waals surface area contributed by atoms with Crippen LogP contribution in [0.3, 0.4) is 0 Å². The van der Waals surface area contributed by atoms with Crippen molar-refractivity contribution in [3.05, 3.63) is 0 Å². The molecule has 0 bridgehead atoms. The van der Waals surface area contributed by atoms with Gasteiger partial charge in [0.05, 0.1) is 0 Å². The Morgan fingerprint density at radius 1 is 1.15 bits per heavy atom. The first-order valence-corrected chi connectivity index (χ1v) is 8.76. The Labute approximate surface area is 126 Å². The standard InChI is InChI=1S/C18H36N2/c1-7-19-16-9-8-15(18(3,4)5)11-17(16)20(6)12-14-10-13(14)2/h13-17,19H,7-12H2,1-6H3. The van der Waals surface area contributed by atoms with Gasteiger partial charge in [-0.05, 0) is 62.4 Å². The van der Waals surface area contributed by atoms with E-state index in [-0.39, 0.29) is 0 Å². The van der Waals surface area contributed by atoms with Gasteiger partial charge in [0.2, 0.25) is 0 Å². The van der Waals surface area contributed by atoms with Gasteiger partial charge in [-0.3, -0.25) is 0 Å². The van der Waals surface area contributed by atoms with E-state index in [9.17, 15) is 0 Å². The number of hydrogen-bond donors (Lipinski definition) is 1. The molecule has 1 N–H and O–H groups in total. The summed E-state index contributed by atoms with van der Waals surface area (Å²) in [5.41, 5.74) is 0.461. The second kappa shape index (κ2) is 6.36. The molecule has 0 heterocycles. The van der Waals surface area contributed by atoms with Crippen LogP contribution in [0, 0.1) is 23.2 Å². The normalized spacial score (nSPS) is 38.2. The molecule has 2 fully saturated rings. The van der Waals surface area contributed by atoms with Gasteiger partial charge in [0.1, 0.15) is 0 Å². The van der Waals surface area contributed by atoms with Gasteiger partial charge in [-0.15, -0.1) is 0 Å². The number of likely N-dealkylation sites (N-methyl/N-ethyl adjacent to an activating group) is 2. The van der Waals surface area contributed by atoms with Crippen molar-refractivity contribution in [3.8, 4) is 0 Å². The van der Waals surface area contributed by atoms with E-state index in [0.29, 0.717) is 11.5 Å². The maximum atomic E-state index is 3.75. The fraction of sp³-hybridized carbons (Fsp3) is 1.00. The van der Waals surface area contributed by atoms with E-state index in [4.69, 9.17) is 0 Å². The maximum Gasteiger partial charge on any atom is 0.0249 e. The SMILES string of the molecule is CCNC1CCC(C(C)(C)C)CC1N(C)CC1CC1C. The first-order valence-electron chi connectivity index (χ1n) is 8.76. The second-order valence-electron chi connectivity index (χ2n) is 8.52. The van der Waals surface area contributed by atoms with Gasteiger partial charge < -0.3 is 10.2 Å². The predicted molar refractivity (Wildman–Crippen MR) is 87.9 cm³/mol. The highest BCUT2D eigenvalue weighted by Crippen LogP contribution is 2.42. The first kappa shape index (κ1) is 16.3. The van der Waals surface area contributed by atoms with E-state index < -0.39 is 0 Å². The molecule has 2 aliphatic carbocycles. The average Bonchev–Trinajstić information content (AvgIpc) is 3.04. The third-order valence-corrected chi connectivity index (χ3v) is 5.87. The molecule has 2 rings (SSSR count). The summed E-state index contributed by atoms with van der Waals surface area (Å²) in [5.74, 6) is 2.82. The van der Waals surface area contributed by atoms with Crippen molar-refractivity contribution in [2.75, 3.05) is 20.1 Å². The largest absolute Gasteiger partial charge is 0.313 e. The summed E-state index contributed by atoms with van der Waals surface area (Å²) in [6.07, 6.45) is 5.57. The number of hydrogen-bond acceptors (Lipinski definition) is 2. The Morgan fingerprint density at radius 2 is 1.80 bits per heavy atom. The summed E-state index contributed by atoms with van der Waals surface area (Å²) in [7, 11) is 2.37. The summed E-state index contributed by atoms with van der Waals surface area (Å²) in [4.78, 5) is 2.68. The topological polar surface area (TPSA) is 15.3 Å². The number of nitrogens with zero attached hydrogens (tertiary/aromatic N) is 1. The summed E-state index contributed by atoms with van der Waals surface area (Å²) in [6, 6.07) is 1.44. The summed E-state index contributed by atoms with van der Waals surface area (Å²) in [5, 5.41) is 3.75. The molecule has 5 atom stereocenters. The van der Waals surface area contributed by atoms with Crippen LogP contribution in [0.15, 0.2) is 0 Å². The van der Waals surface area contributed by atoms with E-state index >= 15 is 0 Å². The van der Waals surface area contributed by atoms with Crippen LogP contribution in [0.2, 0.25) is 0 Å². The lowest BCUT2D eigenvalue weighted by atomic mass is 9.69. The van der Waals surface area contributed by atoms with Crippen LogP contribution in [0.4, 0.5) is 0 Å². The molecule has 2 nitrogen and oxygen atoms in total. The quantitative estimate of drug-likeness (QED) is 0.825. The van der Waals surface area contributed by atoms with E-state index in [2.05, 4.69) is 51.9 Å². The summed E-state index contributed by atoms with van der Waals surface area (Å²) < 4.78 is 0. The monoisotopic (exact) mass is 280 g/mol. The minimum atomic E-state index is 0.461. The average molecular weight is 280 g/mol. The van der Waals surface area contributed by atoms with Gasteiger partial charge in [0, 0.05) is 18.6 Å². The van der Waals surface area contributed by atoms with E-state index in [1.54, 1.807) is 0 Å². The second-order valence-corrected chi connectivity index (χ2v) is 8.52. The van der Waals surface area contributed by atoms with Crippen LogP contribution in [-0.4, -0.2) is 37.1 Å². The molecule has 0 spiro atoms. The Bertz CT molecular complexity index is 307. The molecule has 2 heteroatoms. The lowest BCUT2D eigenvalue weighted by molar-refractivity contribution is 0.0699. The van der Waals surface area contributed by atoms with Crippen LogP contribution in [0.5, 0.6) is 0 Å². The van der Waals surface area contributed by atoms with Crippen LogP contribution >= 0.6 is 0 Å².